The van der Waals surface area contributed by atoms with Crippen LogP contribution in [0.4, 0.5) is 0 Å². The van der Waals surface area contributed by atoms with Crippen molar-refractivity contribution in [1.29, 1.82) is 0 Å². The van der Waals surface area contributed by atoms with E-state index in [9.17, 15) is 0 Å². The van der Waals surface area contributed by atoms with Crippen LogP contribution in [0.3, 0.4) is 0 Å². The molecule has 0 aromatic carbocycles. The Hall–Kier alpha value is -0.450. The summed E-state index contributed by atoms with van der Waals surface area (Å²) >= 11 is 1.89. The van der Waals surface area contributed by atoms with Crippen LogP contribution in [0, 0.1) is 5.92 Å². The first-order valence-electron chi connectivity index (χ1n) is 8.11. The summed E-state index contributed by atoms with van der Waals surface area (Å²) < 4.78 is 0. The van der Waals surface area contributed by atoms with Gasteiger partial charge in [0.25, 0.3) is 0 Å². The van der Waals surface area contributed by atoms with Gasteiger partial charge in [-0.1, -0.05) is 26.7 Å². The van der Waals surface area contributed by atoms with Gasteiger partial charge in [0.2, 0.25) is 0 Å². The Bertz CT molecular complexity index is 470. The number of fused-ring (bicyclic) bond motifs is 1. The van der Waals surface area contributed by atoms with Gasteiger partial charge in [0.05, 0.1) is 11.2 Å². The molecule has 1 aromatic rings. The molecule has 0 amide bonds. The van der Waals surface area contributed by atoms with Crippen LogP contribution in [0.15, 0.2) is 0 Å². The minimum atomic E-state index is -0.144. The first-order chi connectivity index (χ1) is 9.60. The van der Waals surface area contributed by atoms with Crippen LogP contribution in [0.2, 0.25) is 0 Å². The van der Waals surface area contributed by atoms with Gasteiger partial charge in [-0.15, -0.1) is 11.3 Å². The maximum absolute atomic E-state index is 6.71. The molecule has 0 radical (unpaired) electrons. The van der Waals surface area contributed by atoms with Gasteiger partial charge in [-0.3, -0.25) is 4.90 Å². The normalized spacial score (nSPS) is 31.2. The first-order valence-corrected chi connectivity index (χ1v) is 8.92. The lowest BCUT2D eigenvalue weighted by molar-refractivity contribution is 0.237. The number of hydrogen-bond donors (Lipinski definition) is 1. The Kier molecular flexibility index (Phi) is 4.16. The molecule has 1 aromatic heterocycles. The summed E-state index contributed by atoms with van der Waals surface area (Å²) in [6.07, 6.45) is 7.15. The van der Waals surface area contributed by atoms with Crippen LogP contribution < -0.4 is 5.73 Å². The smallest absolute Gasteiger partial charge is 0.113 e. The van der Waals surface area contributed by atoms with Gasteiger partial charge >= 0.3 is 0 Å². The number of nitrogens with zero attached hydrogens (tertiary/aromatic N) is 2. The van der Waals surface area contributed by atoms with E-state index in [2.05, 4.69) is 18.7 Å². The number of hydrogen-bond acceptors (Lipinski definition) is 4. The molecule has 3 nitrogen and oxygen atoms in total. The summed E-state index contributed by atoms with van der Waals surface area (Å²) in [6.45, 7) is 8.05. The van der Waals surface area contributed by atoms with Crippen molar-refractivity contribution in [2.24, 2.45) is 11.7 Å². The highest BCUT2D eigenvalue weighted by Crippen LogP contribution is 2.41. The number of rotatable bonds is 3. The molecule has 3 rings (SSSR count). The predicted octanol–water partition coefficient (Wildman–Crippen LogP) is 3.28. The Morgan fingerprint density at radius 1 is 1.50 bits per heavy atom. The SMILES string of the molecule is CCCN1CCc2nc(C3(N)CCCC(C)C3)sc2C1. The first kappa shape index (κ1) is 14.5. The molecule has 112 valence electrons. The van der Waals surface area contributed by atoms with Crippen molar-refractivity contribution in [3.63, 3.8) is 0 Å². The molecule has 2 N–H and O–H groups in total. The van der Waals surface area contributed by atoms with E-state index in [1.165, 1.54) is 41.4 Å². The highest BCUT2D eigenvalue weighted by atomic mass is 32.1. The van der Waals surface area contributed by atoms with E-state index in [0.717, 1.165) is 38.3 Å². The van der Waals surface area contributed by atoms with Crippen LogP contribution in [-0.4, -0.2) is 23.0 Å². The van der Waals surface area contributed by atoms with E-state index in [4.69, 9.17) is 10.7 Å². The average Bonchev–Trinajstić information content (AvgIpc) is 2.83. The van der Waals surface area contributed by atoms with Crippen molar-refractivity contribution in [2.45, 2.75) is 64.5 Å². The van der Waals surface area contributed by atoms with Gasteiger partial charge < -0.3 is 5.73 Å². The van der Waals surface area contributed by atoms with Crippen molar-refractivity contribution >= 4 is 11.3 Å². The third-order valence-corrected chi connectivity index (χ3v) is 6.11. The molecule has 2 unspecified atom stereocenters. The summed E-state index contributed by atoms with van der Waals surface area (Å²) in [5.74, 6) is 0.742. The van der Waals surface area contributed by atoms with E-state index < -0.39 is 0 Å². The van der Waals surface area contributed by atoms with E-state index in [0.29, 0.717) is 0 Å². The fourth-order valence-corrected chi connectivity index (χ4v) is 5.05. The van der Waals surface area contributed by atoms with Crippen LogP contribution in [0.25, 0.3) is 0 Å². The predicted molar refractivity (Wildman–Crippen MR) is 84.9 cm³/mol. The highest BCUT2D eigenvalue weighted by Gasteiger charge is 2.36. The minimum Gasteiger partial charge on any atom is -0.319 e. The molecule has 0 spiro atoms. The van der Waals surface area contributed by atoms with Crippen molar-refractivity contribution in [2.75, 3.05) is 13.1 Å². The molecule has 0 saturated heterocycles. The van der Waals surface area contributed by atoms with Gasteiger partial charge in [0.1, 0.15) is 5.01 Å². The lowest BCUT2D eigenvalue weighted by atomic mass is 9.77. The molecule has 20 heavy (non-hydrogen) atoms. The second-order valence-corrected chi connectivity index (χ2v) is 7.86. The van der Waals surface area contributed by atoms with Crippen molar-refractivity contribution in [3.8, 4) is 0 Å². The number of aromatic nitrogens is 1. The minimum absolute atomic E-state index is 0.144. The highest BCUT2D eigenvalue weighted by molar-refractivity contribution is 7.11. The second-order valence-electron chi connectivity index (χ2n) is 6.77. The summed E-state index contributed by atoms with van der Waals surface area (Å²) in [6, 6.07) is 0. The largest absolute Gasteiger partial charge is 0.319 e. The molecule has 1 saturated carbocycles. The van der Waals surface area contributed by atoms with E-state index in [-0.39, 0.29) is 5.54 Å². The monoisotopic (exact) mass is 293 g/mol. The summed E-state index contributed by atoms with van der Waals surface area (Å²) in [7, 11) is 0. The van der Waals surface area contributed by atoms with Crippen molar-refractivity contribution in [1.82, 2.24) is 9.88 Å². The zero-order valence-corrected chi connectivity index (χ0v) is 13.6. The Balaban J connectivity index is 1.79. The molecule has 0 bridgehead atoms. The third-order valence-electron chi connectivity index (χ3n) is 4.81. The van der Waals surface area contributed by atoms with Crippen molar-refractivity contribution < 1.29 is 0 Å². The van der Waals surface area contributed by atoms with Crippen molar-refractivity contribution in [3.05, 3.63) is 15.6 Å². The molecule has 4 heteroatoms. The molecular formula is C16H27N3S. The third kappa shape index (κ3) is 2.78. The Labute approximate surface area is 126 Å². The molecular weight excluding hydrogens is 266 g/mol. The van der Waals surface area contributed by atoms with Gasteiger partial charge in [-0.2, -0.15) is 0 Å². The lowest BCUT2D eigenvalue weighted by Crippen LogP contribution is -2.40. The Morgan fingerprint density at radius 3 is 3.10 bits per heavy atom. The molecule has 2 heterocycles. The second kappa shape index (κ2) is 5.74. The number of thiazole rings is 1. The summed E-state index contributed by atoms with van der Waals surface area (Å²) in [4.78, 5) is 8.97. The fourth-order valence-electron chi connectivity index (χ4n) is 3.75. The zero-order valence-electron chi connectivity index (χ0n) is 12.8. The van der Waals surface area contributed by atoms with Crippen LogP contribution in [-0.2, 0) is 18.5 Å². The molecule has 1 aliphatic carbocycles. The quantitative estimate of drug-likeness (QED) is 0.930. The van der Waals surface area contributed by atoms with Gasteiger partial charge in [-0.25, -0.2) is 4.98 Å². The van der Waals surface area contributed by atoms with Gasteiger partial charge in [0, 0.05) is 24.4 Å². The van der Waals surface area contributed by atoms with Crippen LogP contribution in [0.1, 0.15) is 61.5 Å². The average molecular weight is 293 g/mol. The fraction of sp³-hybridized carbons (Fsp3) is 0.812. The van der Waals surface area contributed by atoms with Crippen LogP contribution in [0.5, 0.6) is 0 Å². The zero-order chi connectivity index (χ0) is 14.2. The lowest BCUT2D eigenvalue weighted by Gasteiger charge is -2.35. The summed E-state index contributed by atoms with van der Waals surface area (Å²) in [5, 5.41) is 1.22. The maximum atomic E-state index is 6.71. The number of nitrogens with two attached hydrogens (primary N) is 1. The summed E-state index contributed by atoms with van der Waals surface area (Å²) in [5.41, 5.74) is 7.90. The standard InChI is InChI=1S/C16H27N3S/c1-3-8-19-9-6-13-14(11-19)20-15(18-13)16(17)7-4-5-12(2)10-16/h12H,3-11,17H2,1-2H3. The van der Waals surface area contributed by atoms with Gasteiger partial charge in [-0.05, 0) is 31.7 Å². The molecule has 2 aliphatic rings. The molecule has 2 atom stereocenters. The topological polar surface area (TPSA) is 42.2 Å². The van der Waals surface area contributed by atoms with E-state index in [1.807, 2.05) is 11.3 Å². The Morgan fingerprint density at radius 2 is 2.35 bits per heavy atom. The molecule has 1 fully saturated rings. The van der Waals surface area contributed by atoms with Gasteiger partial charge in [0.15, 0.2) is 0 Å². The molecule has 1 aliphatic heterocycles. The van der Waals surface area contributed by atoms with Crippen LogP contribution >= 0.6 is 11.3 Å². The maximum Gasteiger partial charge on any atom is 0.113 e. The van der Waals surface area contributed by atoms with E-state index >= 15 is 0 Å². The van der Waals surface area contributed by atoms with E-state index in [1.54, 1.807) is 0 Å².